The molecule has 0 aliphatic heterocycles. The van der Waals surface area contributed by atoms with E-state index in [-0.39, 0.29) is 20.3 Å². The Morgan fingerprint density at radius 3 is 1.93 bits per heavy atom. The summed E-state index contributed by atoms with van der Waals surface area (Å²) in [6.07, 6.45) is 15.3. The van der Waals surface area contributed by atoms with Gasteiger partial charge >= 0.3 is 18.9 Å². The van der Waals surface area contributed by atoms with Gasteiger partial charge in [-0.15, -0.1) is 0 Å². The van der Waals surface area contributed by atoms with Crippen LogP contribution in [0.4, 0.5) is 0 Å². The normalized spacial score (nSPS) is 18.4. The van der Waals surface area contributed by atoms with E-state index in [2.05, 4.69) is 36.5 Å². The van der Waals surface area contributed by atoms with E-state index in [0.717, 1.165) is 12.8 Å². The van der Waals surface area contributed by atoms with Crippen LogP contribution in [-0.4, -0.2) is 16.2 Å². The summed E-state index contributed by atoms with van der Waals surface area (Å²) in [5, 5.41) is 3.02. The van der Waals surface area contributed by atoms with Crippen molar-refractivity contribution < 1.29 is 24.7 Å². The maximum Gasteiger partial charge on any atom is 1.00 e. The van der Waals surface area contributed by atoms with Gasteiger partial charge in [0.25, 0.3) is 0 Å². The van der Waals surface area contributed by atoms with Gasteiger partial charge < -0.3 is 5.85 Å². The quantitative estimate of drug-likeness (QED) is 0.546. The average Bonchev–Trinajstić information content (AvgIpc) is 2.76. The second-order valence-corrected chi connectivity index (χ2v) is 6.08. The molecule has 0 N–H and O–H groups in total. The van der Waals surface area contributed by atoms with E-state index in [1.807, 2.05) is 7.11 Å². The molecule has 0 aromatic rings. The van der Waals surface area contributed by atoms with Gasteiger partial charge in [0.2, 0.25) is 9.04 Å². The molecule has 0 bridgehead atoms. The number of hydrogen-bond acceptors (Lipinski definition) is 1. The molecule has 0 spiro atoms. The fraction of sp³-hybridized carbons (Fsp3) is 0.273. The fourth-order valence-electron chi connectivity index (χ4n) is 1.86. The maximum atomic E-state index is 5.64. The summed E-state index contributed by atoms with van der Waals surface area (Å²) in [5.74, 6) is 0. The van der Waals surface area contributed by atoms with Crippen LogP contribution in [0.2, 0.25) is 0 Å². The summed E-state index contributed by atoms with van der Waals surface area (Å²) < 4.78 is 5.64. The molecule has 2 aliphatic carbocycles. The molecule has 14 heavy (non-hydrogen) atoms. The van der Waals surface area contributed by atoms with Crippen LogP contribution in [0.5, 0.6) is 0 Å². The van der Waals surface area contributed by atoms with Crippen molar-refractivity contribution in [2.24, 2.45) is 0 Å². The Kier molecular flexibility index (Phi) is 4.70. The summed E-state index contributed by atoms with van der Waals surface area (Å²) in [5.41, 5.74) is 0. The van der Waals surface area contributed by atoms with Crippen LogP contribution in [0.3, 0.4) is 0 Å². The van der Waals surface area contributed by atoms with Gasteiger partial charge in [0.15, 0.2) is 0 Å². The Bertz CT molecular complexity index is 291. The molecule has 0 saturated carbocycles. The first-order valence-electron chi connectivity index (χ1n) is 4.66. The summed E-state index contributed by atoms with van der Waals surface area (Å²) in [6, 6.07) is 0. The van der Waals surface area contributed by atoms with Crippen LogP contribution >= 0.6 is 0 Å². The third kappa shape index (κ3) is 2.40. The average molecular weight is 198 g/mol. The molecule has 0 unspecified atom stereocenters. The van der Waals surface area contributed by atoms with Crippen molar-refractivity contribution in [2.75, 3.05) is 7.11 Å². The van der Waals surface area contributed by atoms with Crippen molar-refractivity contribution in [1.82, 2.24) is 0 Å². The molecule has 0 radical (unpaired) electrons. The van der Waals surface area contributed by atoms with Crippen molar-refractivity contribution in [3.05, 3.63) is 46.8 Å². The van der Waals surface area contributed by atoms with Crippen LogP contribution in [0.1, 0.15) is 14.3 Å². The summed E-state index contributed by atoms with van der Waals surface area (Å²) in [4.78, 5) is 0. The monoisotopic (exact) mass is 198 g/mol. The second kappa shape index (κ2) is 5.58. The van der Waals surface area contributed by atoms with E-state index in [4.69, 9.17) is 4.43 Å². The zero-order valence-corrected chi connectivity index (χ0v) is 10.0. The van der Waals surface area contributed by atoms with E-state index < -0.39 is 9.04 Å². The molecule has 70 valence electrons. The van der Waals surface area contributed by atoms with Crippen molar-refractivity contribution >= 4 is 9.04 Å². The summed E-state index contributed by atoms with van der Waals surface area (Å²) in [7, 11) is 0.622. The minimum atomic E-state index is -1.22. The van der Waals surface area contributed by atoms with Crippen LogP contribution in [0, 0.1) is 0 Å². The van der Waals surface area contributed by atoms with E-state index >= 15 is 0 Å². The van der Waals surface area contributed by atoms with Crippen molar-refractivity contribution in [3.8, 4) is 0 Å². The Labute approximate surface area is 101 Å². The first-order valence-corrected chi connectivity index (χ1v) is 6.28. The van der Waals surface area contributed by atoms with Crippen LogP contribution in [0.15, 0.2) is 46.8 Å². The first kappa shape index (κ1) is 11.8. The Hall–Kier alpha value is -0.266. The molecule has 1 nitrogen and oxygen atoms in total. The number of hydrogen-bond donors (Lipinski definition) is 0. The Morgan fingerprint density at radius 1 is 1.14 bits per heavy atom. The van der Waals surface area contributed by atoms with Crippen molar-refractivity contribution in [3.63, 3.8) is 0 Å². The van der Waals surface area contributed by atoms with Crippen LogP contribution in [0.25, 0.3) is 0 Å². The van der Waals surface area contributed by atoms with Gasteiger partial charge in [-0.3, -0.25) is 0 Å². The molecule has 2 aliphatic rings. The molecule has 3 heteroatoms. The minimum absolute atomic E-state index is 0. The molecule has 0 aromatic carbocycles. The van der Waals surface area contributed by atoms with Crippen LogP contribution < -0.4 is 18.9 Å². The van der Waals surface area contributed by atoms with Crippen molar-refractivity contribution in [2.45, 2.75) is 12.8 Å². The Morgan fingerprint density at radius 2 is 1.64 bits per heavy atom. The first-order chi connectivity index (χ1) is 6.42. The molecule has 0 atom stereocenters. The number of rotatable bonds is 3. The van der Waals surface area contributed by atoms with E-state index in [1.165, 1.54) is 10.4 Å². The summed E-state index contributed by atoms with van der Waals surface area (Å²) in [6.45, 7) is 0. The third-order valence-corrected chi connectivity index (χ3v) is 5.18. The molecule has 0 heterocycles. The fourth-order valence-corrected chi connectivity index (χ4v) is 4.21. The SMILES string of the molecule is CO[SiH](C1=CC=CC1)C1=CC=CC1.[H-].[Li+]. The number of allylic oxidation sites excluding steroid dienone is 8. The molecule has 2 rings (SSSR count). The largest absolute Gasteiger partial charge is 1.00 e. The van der Waals surface area contributed by atoms with Gasteiger partial charge in [0.1, 0.15) is 0 Å². The molecular formula is C11H15LiOSi. The molecule has 0 amide bonds. The van der Waals surface area contributed by atoms with Gasteiger partial charge in [0.05, 0.1) is 0 Å². The zero-order chi connectivity index (χ0) is 9.10. The van der Waals surface area contributed by atoms with Crippen molar-refractivity contribution in [1.29, 1.82) is 0 Å². The Balaban J connectivity index is 0.000000980. The van der Waals surface area contributed by atoms with E-state index in [0.29, 0.717) is 0 Å². The zero-order valence-electron chi connectivity index (χ0n) is 9.86. The summed E-state index contributed by atoms with van der Waals surface area (Å²) >= 11 is 0. The standard InChI is InChI=1S/C11H14OSi.Li.H/c1-12-13(10-6-2-3-7-10)11-8-4-5-9-11;;/h2-6,8,13H,7,9H2,1H3;;/q;+1;-1. The smallest absolute Gasteiger partial charge is 1.00 e. The minimum Gasteiger partial charge on any atom is -1.00 e. The molecular weight excluding hydrogens is 183 g/mol. The predicted octanol–water partition coefficient (Wildman–Crippen LogP) is -0.676. The molecule has 0 fully saturated rings. The molecule has 0 aromatic heterocycles. The van der Waals surface area contributed by atoms with Crippen LogP contribution in [-0.2, 0) is 4.43 Å². The topological polar surface area (TPSA) is 9.23 Å². The van der Waals surface area contributed by atoms with E-state index in [9.17, 15) is 0 Å². The third-order valence-electron chi connectivity index (χ3n) is 2.51. The van der Waals surface area contributed by atoms with Gasteiger partial charge in [-0.1, -0.05) is 36.5 Å². The second-order valence-electron chi connectivity index (χ2n) is 3.36. The maximum absolute atomic E-state index is 5.64. The van der Waals surface area contributed by atoms with E-state index in [1.54, 1.807) is 0 Å². The van der Waals surface area contributed by atoms with Gasteiger partial charge in [-0.25, -0.2) is 0 Å². The molecule has 0 saturated heterocycles. The van der Waals surface area contributed by atoms with Gasteiger partial charge in [-0.05, 0) is 23.2 Å². The predicted molar refractivity (Wildman–Crippen MR) is 59.0 cm³/mol. The van der Waals surface area contributed by atoms with Gasteiger partial charge in [0, 0.05) is 7.11 Å². The van der Waals surface area contributed by atoms with Gasteiger partial charge in [-0.2, -0.15) is 0 Å².